The van der Waals surface area contributed by atoms with Crippen molar-refractivity contribution in [2.45, 2.75) is 20.8 Å². The van der Waals surface area contributed by atoms with E-state index in [0.29, 0.717) is 0 Å². The van der Waals surface area contributed by atoms with Crippen LogP contribution in [0.4, 0.5) is 0 Å². The standard InChI is InChI=1S/C4H9NO.C3H7NO3S/c1-3-5-4(2)6;1-3(5)4-8(2,6)7/h3H2,1-2H3,(H,5,6);1-2H3,(H,4,5). The second-order valence-electron chi connectivity index (χ2n) is 2.52. The molecule has 7 heteroatoms. The van der Waals surface area contributed by atoms with Crippen LogP contribution in [0.5, 0.6) is 0 Å². The molecule has 0 aliphatic rings. The highest BCUT2D eigenvalue weighted by Gasteiger charge is 1.99. The first-order valence-electron chi connectivity index (χ1n) is 3.91. The maximum atomic E-state index is 10.1. The Labute approximate surface area is 84.1 Å². The Bertz CT molecular complexity index is 284. The van der Waals surface area contributed by atoms with Gasteiger partial charge in [0, 0.05) is 20.4 Å². The molecule has 2 N–H and O–H groups in total. The zero-order valence-corrected chi connectivity index (χ0v) is 9.56. The largest absolute Gasteiger partial charge is 0.357 e. The lowest BCUT2D eigenvalue weighted by atomic mass is 10.6. The number of hydrogen-bond donors (Lipinski definition) is 2. The molecule has 0 bridgehead atoms. The number of rotatable bonds is 2. The Morgan fingerprint density at radius 1 is 1.14 bits per heavy atom. The number of hydrogen-bond acceptors (Lipinski definition) is 4. The molecule has 0 saturated heterocycles. The first-order chi connectivity index (χ1) is 6.19. The number of sulfonamides is 1. The molecular formula is C7H16N2O4S. The van der Waals surface area contributed by atoms with Crippen LogP contribution in [0.2, 0.25) is 0 Å². The van der Waals surface area contributed by atoms with E-state index in [-0.39, 0.29) is 5.91 Å². The number of nitrogens with one attached hydrogen (secondary N) is 2. The summed E-state index contributed by atoms with van der Waals surface area (Å²) in [6, 6.07) is 0. The second kappa shape index (κ2) is 7.31. The van der Waals surface area contributed by atoms with Gasteiger partial charge in [0.25, 0.3) is 0 Å². The molecule has 2 amide bonds. The molecule has 0 atom stereocenters. The first-order valence-corrected chi connectivity index (χ1v) is 5.81. The third kappa shape index (κ3) is 22.4. The van der Waals surface area contributed by atoms with Crippen molar-refractivity contribution < 1.29 is 18.0 Å². The third-order valence-electron chi connectivity index (χ3n) is 0.755. The van der Waals surface area contributed by atoms with Crippen molar-refractivity contribution in [1.82, 2.24) is 10.0 Å². The SMILES string of the molecule is CC(=O)NS(C)(=O)=O.CCNC(C)=O. The molecule has 0 saturated carbocycles. The predicted molar refractivity (Wildman–Crippen MR) is 53.0 cm³/mol. The monoisotopic (exact) mass is 224 g/mol. The predicted octanol–water partition coefficient (Wildman–Crippen LogP) is -0.775. The van der Waals surface area contributed by atoms with Gasteiger partial charge in [0.2, 0.25) is 21.8 Å². The summed E-state index contributed by atoms with van der Waals surface area (Å²) < 4.78 is 21.9. The van der Waals surface area contributed by atoms with Gasteiger partial charge in [-0.25, -0.2) is 8.42 Å². The Kier molecular flexibility index (Phi) is 8.02. The highest BCUT2D eigenvalue weighted by atomic mass is 32.2. The van der Waals surface area contributed by atoms with E-state index in [0.717, 1.165) is 19.7 Å². The van der Waals surface area contributed by atoms with Crippen LogP contribution in [-0.4, -0.2) is 33.0 Å². The second-order valence-corrected chi connectivity index (χ2v) is 4.27. The van der Waals surface area contributed by atoms with E-state index in [1.54, 1.807) is 4.72 Å². The lowest BCUT2D eigenvalue weighted by Gasteiger charge is -1.93. The summed E-state index contributed by atoms with van der Waals surface area (Å²) in [5.74, 6) is -0.523. The van der Waals surface area contributed by atoms with E-state index in [1.165, 1.54) is 6.92 Å². The van der Waals surface area contributed by atoms with Crippen molar-refractivity contribution in [2.24, 2.45) is 0 Å². The molecule has 0 aromatic carbocycles. The van der Waals surface area contributed by atoms with Crippen LogP contribution in [0.3, 0.4) is 0 Å². The Morgan fingerprint density at radius 3 is 1.57 bits per heavy atom. The molecule has 0 radical (unpaired) electrons. The summed E-state index contributed by atoms with van der Waals surface area (Å²) in [6.07, 6.45) is 0.925. The van der Waals surface area contributed by atoms with Gasteiger partial charge in [-0.15, -0.1) is 0 Å². The fourth-order valence-corrected chi connectivity index (χ4v) is 1.03. The zero-order chi connectivity index (χ0) is 11.8. The molecule has 14 heavy (non-hydrogen) atoms. The van der Waals surface area contributed by atoms with E-state index in [4.69, 9.17) is 0 Å². The van der Waals surface area contributed by atoms with Gasteiger partial charge in [-0.1, -0.05) is 0 Å². The highest BCUT2D eigenvalue weighted by Crippen LogP contribution is 1.70. The fraction of sp³-hybridized carbons (Fsp3) is 0.714. The van der Waals surface area contributed by atoms with Crippen molar-refractivity contribution in [3.8, 4) is 0 Å². The molecule has 84 valence electrons. The third-order valence-corrected chi connectivity index (χ3v) is 1.41. The molecule has 0 fully saturated rings. The van der Waals surface area contributed by atoms with Gasteiger partial charge in [0.05, 0.1) is 6.26 Å². The average Bonchev–Trinajstić information content (AvgIpc) is 1.80. The van der Waals surface area contributed by atoms with Crippen molar-refractivity contribution in [1.29, 1.82) is 0 Å². The topological polar surface area (TPSA) is 92.3 Å². The minimum atomic E-state index is -3.32. The summed E-state index contributed by atoms with van der Waals surface area (Å²) >= 11 is 0. The lowest BCUT2D eigenvalue weighted by molar-refractivity contribution is -0.119. The van der Waals surface area contributed by atoms with Crippen LogP contribution in [-0.2, 0) is 19.6 Å². The molecule has 0 aromatic heterocycles. The van der Waals surface area contributed by atoms with Crippen LogP contribution >= 0.6 is 0 Å². The number of amides is 2. The van der Waals surface area contributed by atoms with Gasteiger partial charge in [0.1, 0.15) is 0 Å². The molecule has 0 rings (SSSR count). The van der Waals surface area contributed by atoms with Gasteiger partial charge in [0.15, 0.2) is 0 Å². The maximum Gasteiger partial charge on any atom is 0.231 e. The van der Waals surface area contributed by atoms with Crippen LogP contribution in [0.1, 0.15) is 20.8 Å². The lowest BCUT2D eigenvalue weighted by Crippen LogP contribution is -2.26. The van der Waals surface area contributed by atoms with Gasteiger partial charge in [-0.3, -0.25) is 14.3 Å². The van der Waals surface area contributed by atoms with Crippen LogP contribution in [0.15, 0.2) is 0 Å². The van der Waals surface area contributed by atoms with Crippen LogP contribution in [0, 0.1) is 0 Å². The number of carbonyl (C=O) groups excluding carboxylic acids is 2. The van der Waals surface area contributed by atoms with Crippen molar-refractivity contribution in [3.05, 3.63) is 0 Å². The van der Waals surface area contributed by atoms with Gasteiger partial charge >= 0.3 is 0 Å². The normalized spacial score (nSPS) is 9.43. The van der Waals surface area contributed by atoms with Gasteiger partial charge in [-0.05, 0) is 6.92 Å². The molecule has 0 aromatic rings. The number of carbonyl (C=O) groups is 2. The molecule has 6 nitrogen and oxygen atoms in total. The van der Waals surface area contributed by atoms with E-state index in [9.17, 15) is 18.0 Å². The van der Waals surface area contributed by atoms with Crippen molar-refractivity contribution >= 4 is 21.8 Å². The summed E-state index contributed by atoms with van der Waals surface area (Å²) in [5, 5.41) is 2.57. The fourth-order valence-electron chi connectivity index (χ4n) is 0.510. The molecule has 0 aliphatic carbocycles. The van der Waals surface area contributed by atoms with Gasteiger partial charge in [-0.2, -0.15) is 0 Å². The first kappa shape index (κ1) is 15.4. The van der Waals surface area contributed by atoms with Crippen LogP contribution in [0.25, 0.3) is 0 Å². The summed E-state index contributed by atoms with van der Waals surface area (Å²) in [6.45, 7) is 5.27. The van der Waals surface area contributed by atoms with Gasteiger partial charge < -0.3 is 5.32 Å². The smallest absolute Gasteiger partial charge is 0.231 e. The van der Waals surface area contributed by atoms with E-state index in [1.807, 2.05) is 6.92 Å². The molecule has 0 heterocycles. The van der Waals surface area contributed by atoms with Crippen molar-refractivity contribution in [3.63, 3.8) is 0 Å². The zero-order valence-electron chi connectivity index (χ0n) is 8.75. The minimum Gasteiger partial charge on any atom is -0.357 e. The Hall–Kier alpha value is -1.11. The highest BCUT2D eigenvalue weighted by molar-refractivity contribution is 7.89. The Balaban J connectivity index is 0. The molecule has 0 spiro atoms. The summed E-state index contributed by atoms with van der Waals surface area (Å²) in [5.41, 5.74) is 0. The summed E-state index contributed by atoms with van der Waals surface area (Å²) in [7, 11) is -3.32. The van der Waals surface area contributed by atoms with E-state index < -0.39 is 15.9 Å². The average molecular weight is 224 g/mol. The molecular weight excluding hydrogens is 208 g/mol. The minimum absolute atomic E-state index is 0.0394. The van der Waals surface area contributed by atoms with Crippen LogP contribution < -0.4 is 10.0 Å². The summed E-state index contributed by atoms with van der Waals surface area (Å²) in [4.78, 5) is 19.9. The quantitative estimate of drug-likeness (QED) is 0.644. The molecule has 0 unspecified atom stereocenters. The molecule has 0 aliphatic heterocycles. The van der Waals surface area contributed by atoms with Crippen molar-refractivity contribution in [2.75, 3.05) is 12.8 Å². The Morgan fingerprint density at radius 2 is 1.57 bits per heavy atom. The maximum absolute atomic E-state index is 10.1. The van der Waals surface area contributed by atoms with E-state index >= 15 is 0 Å². The van der Waals surface area contributed by atoms with E-state index in [2.05, 4.69) is 5.32 Å².